The molecule has 1 aliphatic rings. The maximum absolute atomic E-state index is 12.9. The van der Waals surface area contributed by atoms with Crippen LogP contribution in [-0.2, 0) is 14.8 Å². The van der Waals surface area contributed by atoms with Crippen molar-refractivity contribution in [3.05, 3.63) is 54.1 Å². The molecule has 0 atom stereocenters. The van der Waals surface area contributed by atoms with Gasteiger partial charge in [-0.05, 0) is 56.2 Å². The zero-order valence-corrected chi connectivity index (χ0v) is 18.7. The van der Waals surface area contributed by atoms with Gasteiger partial charge >= 0.3 is 0 Å². The quantitative estimate of drug-likeness (QED) is 0.590. The fourth-order valence-electron chi connectivity index (χ4n) is 3.47. The second-order valence-corrected chi connectivity index (χ2v) is 9.28. The summed E-state index contributed by atoms with van der Waals surface area (Å²) in [4.78, 5) is 13.0. The summed E-state index contributed by atoms with van der Waals surface area (Å²) in [5.41, 5.74) is 0.921. The van der Waals surface area contributed by atoms with Crippen LogP contribution >= 0.6 is 0 Å². The Morgan fingerprint density at radius 2 is 1.65 bits per heavy atom. The lowest BCUT2D eigenvalue weighted by Gasteiger charge is -2.20. The predicted octanol–water partition coefficient (Wildman–Crippen LogP) is 3.92. The van der Waals surface area contributed by atoms with Gasteiger partial charge in [-0.2, -0.15) is 4.31 Å². The van der Waals surface area contributed by atoms with E-state index in [0.717, 1.165) is 25.7 Å². The van der Waals surface area contributed by atoms with Gasteiger partial charge in [0.05, 0.1) is 17.1 Å². The molecule has 0 bridgehead atoms. The highest BCUT2D eigenvalue weighted by Gasteiger charge is 2.25. The Morgan fingerprint density at radius 3 is 2.32 bits per heavy atom. The molecule has 0 unspecified atom stereocenters. The van der Waals surface area contributed by atoms with Crippen molar-refractivity contribution in [2.75, 3.05) is 38.2 Å². The molecule has 8 heteroatoms. The molecule has 0 saturated carbocycles. The first kappa shape index (κ1) is 23.2. The molecule has 0 aliphatic carbocycles. The zero-order chi connectivity index (χ0) is 22.1. The van der Waals surface area contributed by atoms with Gasteiger partial charge in [0.2, 0.25) is 10.0 Å². The van der Waals surface area contributed by atoms with E-state index in [4.69, 9.17) is 9.47 Å². The van der Waals surface area contributed by atoms with Gasteiger partial charge in [0.1, 0.15) is 12.4 Å². The Balaban J connectivity index is 1.67. The SMILES string of the molecule is CCOCCOc1ccccc1C(=O)Nc1ccc(S(=O)(=O)N2CCCCCC2)cc1. The molecule has 1 N–H and O–H groups in total. The Kier molecular flexibility index (Phi) is 8.45. The van der Waals surface area contributed by atoms with Crippen LogP contribution in [0.1, 0.15) is 43.0 Å². The number of para-hydroxylation sites is 1. The van der Waals surface area contributed by atoms with Crippen molar-refractivity contribution < 1.29 is 22.7 Å². The Labute approximate surface area is 184 Å². The summed E-state index contributed by atoms with van der Waals surface area (Å²) >= 11 is 0. The van der Waals surface area contributed by atoms with E-state index in [9.17, 15) is 13.2 Å². The highest BCUT2D eigenvalue weighted by Crippen LogP contribution is 2.23. The molecule has 2 aromatic rings. The van der Waals surface area contributed by atoms with Crippen LogP contribution in [0.2, 0.25) is 0 Å². The number of carbonyl (C=O) groups excluding carboxylic acids is 1. The number of nitrogens with one attached hydrogen (secondary N) is 1. The van der Waals surface area contributed by atoms with Crippen LogP contribution in [0.4, 0.5) is 5.69 Å². The lowest BCUT2D eigenvalue weighted by atomic mass is 10.2. The second-order valence-electron chi connectivity index (χ2n) is 7.34. The summed E-state index contributed by atoms with van der Waals surface area (Å²) in [6.07, 6.45) is 3.90. The van der Waals surface area contributed by atoms with Gasteiger partial charge in [0, 0.05) is 25.4 Å². The molecular weight excluding hydrogens is 416 g/mol. The summed E-state index contributed by atoms with van der Waals surface area (Å²) in [5.74, 6) is 0.148. The van der Waals surface area contributed by atoms with E-state index in [-0.39, 0.29) is 10.8 Å². The predicted molar refractivity (Wildman–Crippen MR) is 120 cm³/mol. The number of ether oxygens (including phenoxy) is 2. The largest absolute Gasteiger partial charge is 0.490 e. The average molecular weight is 447 g/mol. The van der Waals surface area contributed by atoms with Crippen LogP contribution in [0, 0.1) is 0 Å². The third kappa shape index (κ3) is 6.29. The molecule has 2 aromatic carbocycles. The van der Waals surface area contributed by atoms with Crippen molar-refractivity contribution in [2.24, 2.45) is 0 Å². The van der Waals surface area contributed by atoms with Crippen LogP contribution in [0.15, 0.2) is 53.4 Å². The highest BCUT2D eigenvalue weighted by atomic mass is 32.2. The first-order valence-electron chi connectivity index (χ1n) is 10.7. The van der Waals surface area contributed by atoms with Crippen molar-refractivity contribution in [1.82, 2.24) is 4.31 Å². The lowest BCUT2D eigenvalue weighted by Crippen LogP contribution is -2.31. The molecule has 168 valence electrons. The van der Waals surface area contributed by atoms with Crippen LogP contribution < -0.4 is 10.1 Å². The fraction of sp³-hybridized carbons (Fsp3) is 0.435. The minimum Gasteiger partial charge on any atom is -0.490 e. The standard InChI is InChI=1S/C23H30N2O5S/c1-2-29-17-18-30-22-10-6-5-9-21(22)23(26)24-19-11-13-20(14-12-19)31(27,28)25-15-7-3-4-8-16-25/h5-6,9-14H,2-4,7-8,15-18H2,1H3,(H,24,26). The number of anilines is 1. The van der Waals surface area contributed by atoms with Crippen LogP contribution in [0.25, 0.3) is 0 Å². The summed E-state index contributed by atoms with van der Waals surface area (Å²) in [7, 11) is -3.52. The van der Waals surface area contributed by atoms with Gasteiger partial charge in [-0.3, -0.25) is 4.79 Å². The van der Waals surface area contributed by atoms with Crippen LogP contribution in [0.5, 0.6) is 5.75 Å². The second kappa shape index (κ2) is 11.3. The first-order valence-corrected chi connectivity index (χ1v) is 12.2. The maximum Gasteiger partial charge on any atom is 0.259 e. The Hall–Kier alpha value is -2.42. The molecule has 1 fully saturated rings. The van der Waals surface area contributed by atoms with E-state index < -0.39 is 10.0 Å². The van der Waals surface area contributed by atoms with Crippen LogP contribution in [0.3, 0.4) is 0 Å². The summed E-state index contributed by atoms with van der Waals surface area (Å²) in [6.45, 7) is 4.42. The van der Waals surface area contributed by atoms with Crippen molar-refractivity contribution in [2.45, 2.75) is 37.5 Å². The number of nitrogens with zero attached hydrogens (tertiary/aromatic N) is 1. The van der Waals surface area contributed by atoms with Gasteiger partial charge in [-0.15, -0.1) is 0 Å². The van der Waals surface area contributed by atoms with Gasteiger partial charge < -0.3 is 14.8 Å². The van der Waals surface area contributed by atoms with E-state index in [1.807, 2.05) is 6.92 Å². The normalized spacial score (nSPS) is 15.3. The van der Waals surface area contributed by atoms with Crippen molar-refractivity contribution in [1.29, 1.82) is 0 Å². The van der Waals surface area contributed by atoms with Gasteiger partial charge in [0.15, 0.2) is 0 Å². The Morgan fingerprint density at radius 1 is 0.968 bits per heavy atom. The van der Waals surface area contributed by atoms with E-state index in [1.165, 1.54) is 0 Å². The summed E-state index contributed by atoms with van der Waals surface area (Å²) in [6, 6.07) is 13.3. The Bertz CT molecular complexity index is 952. The third-order valence-corrected chi connectivity index (χ3v) is 7.05. The molecule has 0 spiro atoms. The summed E-state index contributed by atoms with van der Waals surface area (Å²) < 4.78 is 38.3. The van der Waals surface area contributed by atoms with Crippen LogP contribution in [-0.4, -0.2) is 51.5 Å². The van der Waals surface area contributed by atoms with E-state index in [0.29, 0.717) is 49.9 Å². The zero-order valence-electron chi connectivity index (χ0n) is 17.9. The van der Waals surface area contributed by atoms with Gasteiger partial charge in [-0.1, -0.05) is 25.0 Å². The fourth-order valence-corrected chi connectivity index (χ4v) is 4.99. The molecular formula is C23H30N2O5S. The van der Waals surface area contributed by atoms with Gasteiger partial charge in [-0.25, -0.2) is 8.42 Å². The molecule has 31 heavy (non-hydrogen) atoms. The molecule has 1 saturated heterocycles. The average Bonchev–Trinajstić information content (AvgIpc) is 3.08. The highest BCUT2D eigenvalue weighted by molar-refractivity contribution is 7.89. The molecule has 7 nitrogen and oxygen atoms in total. The van der Waals surface area contributed by atoms with E-state index in [1.54, 1.807) is 52.8 Å². The number of carbonyl (C=O) groups is 1. The smallest absolute Gasteiger partial charge is 0.259 e. The number of sulfonamides is 1. The van der Waals surface area contributed by atoms with E-state index in [2.05, 4.69) is 5.32 Å². The minimum absolute atomic E-state index is 0.243. The molecule has 1 amide bonds. The molecule has 0 radical (unpaired) electrons. The molecule has 1 aliphatic heterocycles. The number of rotatable bonds is 9. The minimum atomic E-state index is -3.52. The number of hydrogen-bond donors (Lipinski definition) is 1. The number of benzene rings is 2. The van der Waals surface area contributed by atoms with Crippen molar-refractivity contribution in [3.63, 3.8) is 0 Å². The monoisotopic (exact) mass is 446 g/mol. The number of hydrogen-bond acceptors (Lipinski definition) is 5. The number of amides is 1. The summed E-state index contributed by atoms with van der Waals surface area (Å²) in [5, 5.41) is 2.81. The maximum atomic E-state index is 12.9. The molecule has 1 heterocycles. The first-order chi connectivity index (χ1) is 15.0. The topological polar surface area (TPSA) is 84.9 Å². The van der Waals surface area contributed by atoms with E-state index >= 15 is 0 Å². The lowest BCUT2D eigenvalue weighted by molar-refractivity contribution is 0.0998. The molecule has 0 aromatic heterocycles. The third-order valence-electron chi connectivity index (χ3n) is 5.14. The van der Waals surface area contributed by atoms with Gasteiger partial charge in [0.25, 0.3) is 5.91 Å². The molecule has 3 rings (SSSR count). The van der Waals surface area contributed by atoms with Crippen molar-refractivity contribution >= 4 is 21.6 Å². The van der Waals surface area contributed by atoms with Crippen molar-refractivity contribution in [3.8, 4) is 5.75 Å².